The van der Waals surface area contributed by atoms with Crippen molar-refractivity contribution in [2.45, 2.75) is 17.3 Å². The van der Waals surface area contributed by atoms with E-state index in [1.54, 1.807) is 31.4 Å². The van der Waals surface area contributed by atoms with Gasteiger partial charge in [-0.2, -0.15) is 0 Å². The zero-order valence-corrected chi connectivity index (χ0v) is 13.5. The van der Waals surface area contributed by atoms with E-state index in [9.17, 15) is 8.42 Å². The molecule has 0 unspecified atom stereocenters. The molecule has 0 fully saturated rings. The van der Waals surface area contributed by atoms with Gasteiger partial charge in [-0.25, -0.2) is 8.42 Å². The molecular formula is C14H13Cl2NO3S. The van der Waals surface area contributed by atoms with Gasteiger partial charge in [0, 0.05) is 13.3 Å². The molecule has 0 aliphatic rings. The Morgan fingerprint density at radius 1 is 1.19 bits per heavy atom. The van der Waals surface area contributed by atoms with Gasteiger partial charge in [-0.15, -0.1) is 0 Å². The van der Waals surface area contributed by atoms with Crippen molar-refractivity contribution in [2.24, 2.45) is 0 Å². The standard InChI is InChI=1S/C14H13Cl2NO3S/c1-20-8-10-2-4-12(5-3-10)21(18,19)9-14-13(16)6-11(15)7-17-14/h2-7H,8-9H2,1H3. The number of aromatic nitrogens is 1. The second-order valence-corrected chi connectivity index (χ2v) is 7.25. The van der Waals surface area contributed by atoms with Gasteiger partial charge in [0.15, 0.2) is 9.84 Å². The van der Waals surface area contributed by atoms with Crippen LogP contribution in [0.4, 0.5) is 0 Å². The molecule has 21 heavy (non-hydrogen) atoms. The highest BCUT2D eigenvalue weighted by atomic mass is 35.5. The molecule has 2 rings (SSSR count). The summed E-state index contributed by atoms with van der Waals surface area (Å²) in [5.74, 6) is -0.271. The fourth-order valence-corrected chi connectivity index (χ4v) is 3.61. The SMILES string of the molecule is COCc1ccc(S(=O)(=O)Cc2ncc(Cl)cc2Cl)cc1. The molecule has 0 aliphatic heterocycles. The Morgan fingerprint density at radius 3 is 2.43 bits per heavy atom. The van der Waals surface area contributed by atoms with E-state index in [0.717, 1.165) is 5.56 Å². The third kappa shape index (κ3) is 4.17. The molecule has 2 aromatic rings. The lowest BCUT2D eigenvalue weighted by molar-refractivity contribution is 0.185. The number of hydrogen-bond donors (Lipinski definition) is 0. The quantitative estimate of drug-likeness (QED) is 0.831. The molecule has 0 N–H and O–H groups in total. The lowest BCUT2D eigenvalue weighted by atomic mass is 10.2. The molecular weight excluding hydrogens is 333 g/mol. The van der Waals surface area contributed by atoms with E-state index >= 15 is 0 Å². The third-order valence-electron chi connectivity index (χ3n) is 2.80. The average molecular weight is 346 g/mol. The van der Waals surface area contributed by atoms with Crippen LogP contribution in [-0.2, 0) is 26.9 Å². The molecule has 0 aliphatic carbocycles. The van der Waals surface area contributed by atoms with Crippen LogP contribution in [-0.4, -0.2) is 20.5 Å². The van der Waals surface area contributed by atoms with Crippen LogP contribution in [0.2, 0.25) is 10.0 Å². The van der Waals surface area contributed by atoms with Crippen LogP contribution < -0.4 is 0 Å². The Morgan fingerprint density at radius 2 is 1.86 bits per heavy atom. The molecule has 0 saturated heterocycles. The molecule has 0 radical (unpaired) electrons. The first kappa shape index (κ1) is 16.2. The molecule has 1 aromatic heterocycles. The first-order valence-corrected chi connectivity index (χ1v) is 8.44. The number of sulfone groups is 1. The van der Waals surface area contributed by atoms with Crippen molar-refractivity contribution < 1.29 is 13.2 Å². The summed E-state index contributed by atoms with van der Waals surface area (Å²) in [5, 5.41) is 0.604. The van der Waals surface area contributed by atoms with Gasteiger partial charge in [-0.3, -0.25) is 4.98 Å². The van der Waals surface area contributed by atoms with Crippen LogP contribution in [0.3, 0.4) is 0 Å². The number of methoxy groups -OCH3 is 1. The van der Waals surface area contributed by atoms with Crippen LogP contribution >= 0.6 is 23.2 Å². The number of halogens is 2. The fourth-order valence-electron chi connectivity index (χ4n) is 1.77. The van der Waals surface area contributed by atoms with Crippen molar-refractivity contribution in [2.75, 3.05) is 7.11 Å². The van der Waals surface area contributed by atoms with Gasteiger partial charge in [0.25, 0.3) is 0 Å². The van der Waals surface area contributed by atoms with Crippen LogP contribution in [0.15, 0.2) is 41.4 Å². The van der Waals surface area contributed by atoms with E-state index in [1.807, 2.05) is 0 Å². The van der Waals surface area contributed by atoms with E-state index < -0.39 is 9.84 Å². The minimum atomic E-state index is -3.51. The highest BCUT2D eigenvalue weighted by molar-refractivity contribution is 7.90. The van der Waals surface area contributed by atoms with Gasteiger partial charge in [-0.05, 0) is 23.8 Å². The normalized spacial score (nSPS) is 11.6. The highest BCUT2D eigenvalue weighted by Gasteiger charge is 2.18. The molecule has 1 aromatic carbocycles. The Kier molecular flexibility index (Phi) is 5.22. The van der Waals surface area contributed by atoms with Crippen LogP contribution in [0.1, 0.15) is 11.3 Å². The zero-order valence-electron chi connectivity index (χ0n) is 11.2. The second-order valence-electron chi connectivity index (χ2n) is 4.42. The summed E-state index contributed by atoms with van der Waals surface area (Å²) >= 11 is 11.7. The number of pyridine rings is 1. The Balaban J connectivity index is 2.25. The van der Waals surface area contributed by atoms with E-state index in [0.29, 0.717) is 11.6 Å². The maximum Gasteiger partial charge on any atom is 0.184 e. The van der Waals surface area contributed by atoms with E-state index in [-0.39, 0.29) is 21.4 Å². The minimum absolute atomic E-state index is 0.218. The van der Waals surface area contributed by atoms with Crippen LogP contribution in [0.5, 0.6) is 0 Å². The Labute approximate surface area is 133 Å². The summed E-state index contributed by atoms with van der Waals surface area (Å²) in [4.78, 5) is 4.19. The van der Waals surface area contributed by atoms with Crippen molar-refractivity contribution in [1.82, 2.24) is 4.98 Å². The largest absolute Gasteiger partial charge is 0.380 e. The van der Waals surface area contributed by atoms with Crippen molar-refractivity contribution in [3.8, 4) is 0 Å². The number of hydrogen-bond acceptors (Lipinski definition) is 4. The summed E-state index contributed by atoms with van der Waals surface area (Å²) in [6.07, 6.45) is 1.37. The molecule has 7 heteroatoms. The van der Waals surface area contributed by atoms with Crippen molar-refractivity contribution in [3.05, 3.63) is 57.8 Å². The average Bonchev–Trinajstić information content (AvgIpc) is 2.43. The minimum Gasteiger partial charge on any atom is -0.380 e. The maximum atomic E-state index is 12.3. The summed E-state index contributed by atoms with van der Waals surface area (Å²) in [6, 6.07) is 8.00. The smallest absolute Gasteiger partial charge is 0.184 e. The van der Waals surface area contributed by atoms with Gasteiger partial charge in [0.1, 0.15) is 0 Å². The lowest BCUT2D eigenvalue weighted by Gasteiger charge is -2.07. The van der Waals surface area contributed by atoms with Crippen molar-refractivity contribution in [3.63, 3.8) is 0 Å². The molecule has 0 spiro atoms. The predicted octanol–water partition coefficient (Wildman–Crippen LogP) is 3.51. The molecule has 0 bridgehead atoms. The lowest BCUT2D eigenvalue weighted by Crippen LogP contribution is -2.07. The van der Waals surface area contributed by atoms with Crippen LogP contribution in [0, 0.1) is 0 Å². The first-order valence-electron chi connectivity index (χ1n) is 6.03. The summed E-state index contributed by atoms with van der Waals surface area (Å²) < 4.78 is 29.7. The van der Waals surface area contributed by atoms with E-state index in [4.69, 9.17) is 27.9 Å². The monoisotopic (exact) mass is 345 g/mol. The Hall–Kier alpha value is -1.14. The van der Waals surface area contributed by atoms with Gasteiger partial charge < -0.3 is 4.74 Å². The summed E-state index contributed by atoms with van der Waals surface area (Å²) in [7, 11) is -1.93. The number of benzene rings is 1. The van der Waals surface area contributed by atoms with Crippen molar-refractivity contribution >= 4 is 33.0 Å². The number of nitrogens with zero attached hydrogens (tertiary/aromatic N) is 1. The number of rotatable bonds is 5. The van der Waals surface area contributed by atoms with Gasteiger partial charge in [0.05, 0.1) is 33.0 Å². The fraction of sp³-hybridized carbons (Fsp3) is 0.214. The third-order valence-corrected chi connectivity index (χ3v) is 4.98. The summed E-state index contributed by atoms with van der Waals surface area (Å²) in [5.41, 5.74) is 1.18. The molecule has 112 valence electrons. The predicted molar refractivity (Wildman–Crippen MR) is 82.3 cm³/mol. The zero-order chi connectivity index (χ0) is 15.5. The molecule has 0 atom stereocenters. The Bertz CT molecular complexity index is 730. The maximum absolute atomic E-state index is 12.3. The first-order chi connectivity index (χ1) is 9.92. The topological polar surface area (TPSA) is 56.3 Å². The highest BCUT2D eigenvalue weighted by Crippen LogP contribution is 2.23. The van der Waals surface area contributed by atoms with E-state index in [2.05, 4.69) is 4.98 Å². The molecule has 1 heterocycles. The van der Waals surface area contributed by atoms with Gasteiger partial charge >= 0.3 is 0 Å². The van der Waals surface area contributed by atoms with E-state index in [1.165, 1.54) is 12.3 Å². The van der Waals surface area contributed by atoms with Crippen LogP contribution in [0.25, 0.3) is 0 Å². The summed E-state index contributed by atoms with van der Waals surface area (Å²) in [6.45, 7) is 0.435. The molecule has 0 amide bonds. The second kappa shape index (κ2) is 6.75. The molecule has 0 saturated carbocycles. The molecule has 4 nitrogen and oxygen atoms in total. The number of ether oxygens (including phenoxy) is 1. The van der Waals surface area contributed by atoms with Gasteiger partial charge in [-0.1, -0.05) is 35.3 Å². The van der Waals surface area contributed by atoms with Crippen molar-refractivity contribution in [1.29, 1.82) is 0 Å². The van der Waals surface area contributed by atoms with Gasteiger partial charge in [0.2, 0.25) is 0 Å².